The van der Waals surface area contributed by atoms with E-state index < -0.39 is 0 Å². The first-order valence-corrected chi connectivity index (χ1v) is 7.88. The summed E-state index contributed by atoms with van der Waals surface area (Å²) in [6, 6.07) is 16.7. The van der Waals surface area contributed by atoms with Crippen molar-refractivity contribution in [2.75, 3.05) is 7.11 Å². The van der Waals surface area contributed by atoms with E-state index in [0.29, 0.717) is 0 Å². The number of aliphatic hydroxyl groups excluding tert-OH is 1. The molecular formula is C19H23NO2. The third-order valence-electron chi connectivity index (χ3n) is 4.51. The Balaban J connectivity index is 1.80. The summed E-state index contributed by atoms with van der Waals surface area (Å²) < 4.78 is 5.22. The summed E-state index contributed by atoms with van der Waals surface area (Å²) in [5, 5.41) is 14.0. The number of aliphatic hydroxyl groups is 1. The molecule has 22 heavy (non-hydrogen) atoms. The lowest BCUT2D eigenvalue weighted by Gasteiger charge is -2.25. The van der Waals surface area contributed by atoms with Crippen LogP contribution in [0.4, 0.5) is 0 Å². The van der Waals surface area contributed by atoms with Crippen molar-refractivity contribution in [2.45, 2.75) is 38.0 Å². The highest BCUT2D eigenvalue weighted by atomic mass is 16.5. The maximum Gasteiger partial charge on any atom is 0.118 e. The lowest BCUT2D eigenvalue weighted by Crippen LogP contribution is -2.32. The second-order valence-corrected chi connectivity index (χ2v) is 5.85. The molecule has 0 spiro atoms. The zero-order valence-electron chi connectivity index (χ0n) is 13.1. The van der Waals surface area contributed by atoms with Crippen LogP contribution >= 0.6 is 0 Å². The predicted octanol–water partition coefficient (Wildman–Crippen LogP) is 3.39. The molecule has 2 N–H and O–H groups in total. The summed E-state index contributed by atoms with van der Waals surface area (Å²) in [5.41, 5.74) is 3.69. The van der Waals surface area contributed by atoms with Gasteiger partial charge in [-0.2, -0.15) is 0 Å². The lowest BCUT2D eigenvalue weighted by molar-refractivity contribution is 0.134. The second kappa shape index (κ2) is 6.51. The molecule has 0 fully saturated rings. The van der Waals surface area contributed by atoms with E-state index in [-0.39, 0.29) is 18.2 Å². The lowest BCUT2D eigenvalue weighted by atomic mass is 10.0. The topological polar surface area (TPSA) is 41.5 Å². The fourth-order valence-electron chi connectivity index (χ4n) is 3.28. The van der Waals surface area contributed by atoms with E-state index in [0.717, 1.165) is 18.6 Å². The molecule has 0 aliphatic heterocycles. The molecule has 2 aromatic carbocycles. The number of fused-ring (bicyclic) bond motifs is 1. The van der Waals surface area contributed by atoms with Crippen molar-refractivity contribution in [3.05, 3.63) is 65.2 Å². The first-order chi connectivity index (χ1) is 10.7. The highest BCUT2D eigenvalue weighted by Gasteiger charge is 2.32. The highest BCUT2D eigenvalue weighted by Crippen LogP contribution is 2.34. The molecule has 3 rings (SSSR count). The fraction of sp³-hybridized carbons (Fsp3) is 0.368. The van der Waals surface area contributed by atoms with Gasteiger partial charge in [-0.3, -0.25) is 0 Å². The largest absolute Gasteiger partial charge is 0.497 e. The molecule has 0 bridgehead atoms. The Morgan fingerprint density at radius 1 is 1.18 bits per heavy atom. The van der Waals surface area contributed by atoms with Crippen LogP contribution in [0.15, 0.2) is 48.5 Å². The van der Waals surface area contributed by atoms with E-state index in [1.165, 1.54) is 16.7 Å². The van der Waals surface area contributed by atoms with Gasteiger partial charge in [-0.05, 0) is 35.2 Å². The first-order valence-electron chi connectivity index (χ1n) is 7.88. The van der Waals surface area contributed by atoms with Crippen LogP contribution in [0.1, 0.15) is 42.1 Å². The number of hydrogen-bond acceptors (Lipinski definition) is 3. The predicted molar refractivity (Wildman–Crippen MR) is 88.1 cm³/mol. The smallest absolute Gasteiger partial charge is 0.118 e. The van der Waals surface area contributed by atoms with Crippen LogP contribution in [0.2, 0.25) is 0 Å². The summed E-state index contributed by atoms with van der Waals surface area (Å²) in [7, 11) is 1.68. The minimum Gasteiger partial charge on any atom is -0.497 e. The van der Waals surface area contributed by atoms with E-state index in [2.05, 4.69) is 36.5 Å². The Labute approximate surface area is 131 Å². The van der Waals surface area contributed by atoms with E-state index in [9.17, 15) is 5.11 Å². The fourth-order valence-corrected chi connectivity index (χ4v) is 3.28. The molecule has 1 aliphatic rings. The van der Waals surface area contributed by atoms with Crippen LogP contribution in [0.5, 0.6) is 5.75 Å². The molecule has 3 unspecified atom stereocenters. The molecule has 0 saturated carbocycles. The molecule has 0 amide bonds. The van der Waals surface area contributed by atoms with Crippen LogP contribution in [-0.4, -0.2) is 18.3 Å². The molecule has 0 saturated heterocycles. The van der Waals surface area contributed by atoms with Gasteiger partial charge in [0.2, 0.25) is 0 Å². The zero-order valence-corrected chi connectivity index (χ0v) is 13.1. The van der Waals surface area contributed by atoms with Gasteiger partial charge in [0.05, 0.1) is 19.3 Å². The number of nitrogens with one attached hydrogen (secondary N) is 1. The van der Waals surface area contributed by atoms with Crippen molar-refractivity contribution in [1.29, 1.82) is 0 Å². The summed E-state index contributed by atoms with van der Waals surface area (Å²) in [4.78, 5) is 0. The highest BCUT2D eigenvalue weighted by molar-refractivity contribution is 5.37. The Kier molecular flexibility index (Phi) is 4.46. The van der Waals surface area contributed by atoms with Gasteiger partial charge in [-0.25, -0.2) is 0 Å². The first kappa shape index (κ1) is 15.1. The number of ether oxygens (including phenoxy) is 1. The SMILES string of the molecule is CCC(NC1c2ccccc2CC1O)c1ccc(OC)cc1. The number of methoxy groups -OCH3 is 1. The average molecular weight is 297 g/mol. The van der Waals surface area contributed by atoms with Crippen LogP contribution in [-0.2, 0) is 6.42 Å². The summed E-state index contributed by atoms with van der Waals surface area (Å²) in [6.07, 6.45) is 1.34. The summed E-state index contributed by atoms with van der Waals surface area (Å²) >= 11 is 0. The van der Waals surface area contributed by atoms with Gasteiger partial charge < -0.3 is 15.2 Å². The van der Waals surface area contributed by atoms with Crippen molar-refractivity contribution < 1.29 is 9.84 Å². The van der Waals surface area contributed by atoms with Gasteiger partial charge in [0.15, 0.2) is 0 Å². The van der Waals surface area contributed by atoms with Gasteiger partial charge >= 0.3 is 0 Å². The molecule has 0 aromatic heterocycles. The van der Waals surface area contributed by atoms with Crippen LogP contribution in [0, 0.1) is 0 Å². The number of hydrogen-bond donors (Lipinski definition) is 2. The molecule has 1 aliphatic carbocycles. The Hall–Kier alpha value is -1.84. The second-order valence-electron chi connectivity index (χ2n) is 5.85. The van der Waals surface area contributed by atoms with Gasteiger partial charge in [0.1, 0.15) is 5.75 Å². The van der Waals surface area contributed by atoms with E-state index >= 15 is 0 Å². The molecule has 3 nitrogen and oxygen atoms in total. The molecule has 2 aromatic rings. The molecule has 3 atom stereocenters. The summed E-state index contributed by atoms with van der Waals surface area (Å²) in [6.45, 7) is 2.16. The Bertz CT molecular complexity index is 624. The van der Waals surface area contributed by atoms with Gasteiger partial charge in [-0.15, -0.1) is 0 Å². The monoisotopic (exact) mass is 297 g/mol. The maximum absolute atomic E-state index is 10.4. The number of rotatable bonds is 5. The summed E-state index contributed by atoms with van der Waals surface area (Å²) in [5.74, 6) is 0.866. The molecular weight excluding hydrogens is 274 g/mol. The molecule has 3 heteroatoms. The molecule has 116 valence electrons. The zero-order chi connectivity index (χ0) is 15.5. The maximum atomic E-state index is 10.4. The van der Waals surface area contributed by atoms with Crippen molar-refractivity contribution in [1.82, 2.24) is 5.32 Å². The Morgan fingerprint density at radius 2 is 1.91 bits per heavy atom. The van der Waals surface area contributed by atoms with Crippen LogP contribution in [0.3, 0.4) is 0 Å². The third kappa shape index (κ3) is 2.87. The third-order valence-corrected chi connectivity index (χ3v) is 4.51. The normalized spacial score (nSPS) is 21.4. The molecule has 0 radical (unpaired) electrons. The number of benzene rings is 2. The minimum absolute atomic E-state index is 0.00301. The van der Waals surface area contributed by atoms with Crippen LogP contribution in [0.25, 0.3) is 0 Å². The van der Waals surface area contributed by atoms with E-state index in [1.807, 2.05) is 24.3 Å². The van der Waals surface area contributed by atoms with E-state index in [1.54, 1.807) is 7.11 Å². The standard InChI is InChI=1S/C19H23NO2/c1-3-17(13-8-10-15(22-2)11-9-13)20-19-16-7-5-4-6-14(16)12-18(19)21/h4-11,17-21H,3,12H2,1-2H3. The average Bonchev–Trinajstić information content (AvgIpc) is 2.88. The molecule has 0 heterocycles. The quantitative estimate of drug-likeness (QED) is 0.889. The van der Waals surface area contributed by atoms with Crippen molar-refractivity contribution in [3.63, 3.8) is 0 Å². The van der Waals surface area contributed by atoms with E-state index in [4.69, 9.17) is 4.74 Å². The Morgan fingerprint density at radius 3 is 2.59 bits per heavy atom. The van der Waals surface area contributed by atoms with Crippen molar-refractivity contribution in [2.24, 2.45) is 0 Å². The van der Waals surface area contributed by atoms with Gasteiger partial charge in [-0.1, -0.05) is 43.3 Å². The van der Waals surface area contributed by atoms with Crippen molar-refractivity contribution in [3.8, 4) is 5.75 Å². The van der Waals surface area contributed by atoms with Crippen molar-refractivity contribution >= 4 is 0 Å². The minimum atomic E-state index is -0.357. The van der Waals surface area contributed by atoms with Crippen LogP contribution < -0.4 is 10.1 Å². The van der Waals surface area contributed by atoms with Gasteiger partial charge in [0, 0.05) is 12.5 Å². The van der Waals surface area contributed by atoms with Gasteiger partial charge in [0.25, 0.3) is 0 Å².